The standard InChI is InChI=1S/C13H19NO5P2/c1-11(2)6-7-12-5-4-8-14(9-12)10-13(20(3,15)16)21(17,18)19/h4-5,8-9,11,13H,10H2,1-3H3,(H2-,15,16,17,18,19)/p+1. The van der Waals surface area contributed by atoms with Crippen molar-refractivity contribution in [3.8, 4) is 11.8 Å². The van der Waals surface area contributed by atoms with Crippen LogP contribution in [0.3, 0.4) is 0 Å². The zero-order valence-corrected chi connectivity index (χ0v) is 14.0. The van der Waals surface area contributed by atoms with E-state index in [9.17, 15) is 23.8 Å². The molecular formula is C13H20NO5P2+. The quantitative estimate of drug-likeness (QED) is 0.440. The molecule has 0 saturated carbocycles. The molecule has 0 aliphatic carbocycles. The first-order valence-corrected chi connectivity index (χ1v) is 10.2. The molecule has 0 aliphatic rings. The first-order valence-electron chi connectivity index (χ1n) is 6.36. The highest BCUT2D eigenvalue weighted by atomic mass is 31.2. The van der Waals surface area contributed by atoms with Crippen molar-refractivity contribution in [3.05, 3.63) is 30.1 Å². The summed E-state index contributed by atoms with van der Waals surface area (Å²) in [4.78, 5) is 28.1. The average Bonchev–Trinajstić information content (AvgIpc) is 2.31. The molecule has 0 fully saturated rings. The van der Waals surface area contributed by atoms with E-state index in [1.165, 1.54) is 4.57 Å². The fraction of sp³-hybridized carbons (Fsp3) is 0.462. The van der Waals surface area contributed by atoms with Crippen LogP contribution in [-0.4, -0.2) is 26.7 Å². The minimum Gasteiger partial charge on any atom is -0.344 e. The van der Waals surface area contributed by atoms with Crippen LogP contribution in [0.15, 0.2) is 24.5 Å². The topological polar surface area (TPSA) is 98.7 Å². The van der Waals surface area contributed by atoms with Crippen LogP contribution in [0.4, 0.5) is 0 Å². The Labute approximate surface area is 124 Å². The normalized spacial score (nSPS) is 16.0. The van der Waals surface area contributed by atoms with Gasteiger partial charge in [0.1, 0.15) is 0 Å². The van der Waals surface area contributed by atoms with Gasteiger partial charge in [0, 0.05) is 18.6 Å². The minimum absolute atomic E-state index is 0.204. The van der Waals surface area contributed by atoms with Crippen LogP contribution >= 0.6 is 15.0 Å². The molecule has 6 nitrogen and oxygen atoms in total. The molecule has 0 saturated heterocycles. The van der Waals surface area contributed by atoms with Gasteiger partial charge in [0.25, 0.3) is 0 Å². The molecule has 1 aromatic heterocycles. The van der Waals surface area contributed by atoms with Crippen LogP contribution in [0.1, 0.15) is 19.4 Å². The predicted molar refractivity (Wildman–Crippen MR) is 79.9 cm³/mol. The lowest BCUT2D eigenvalue weighted by molar-refractivity contribution is -0.694. The summed E-state index contributed by atoms with van der Waals surface area (Å²) < 4.78 is 24.6. The Balaban J connectivity index is 3.07. The third-order valence-electron chi connectivity index (χ3n) is 2.68. The van der Waals surface area contributed by atoms with Gasteiger partial charge in [-0.3, -0.25) is 9.13 Å². The fourth-order valence-electron chi connectivity index (χ4n) is 1.66. The Morgan fingerprint density at radius 2 is 1.90 bits per heavy atom. The Morgan fingerprint density at radius 3 is 2.38 bits per heavy atom. The lowest BCUT2D eigenvalue weighted by atomic mass is 10.2. The second-order valence-electron chi connectivity index (χ2n) is 5.23. The summed E-state index contributed by atoms with van der Waals surface area (Å²) in [6, 6.07) is 3.45. The van der Waals surface area contributed by atoms with Crippen molar-refractivity contribution in [2.24, 2.45) is 5.92 Å². The van der Waals surface area contributed by atoms with Gasteiger partial charge in [0.15, 0.2) is 24.3 Å². The molecule has 116 valence electrons. The van der Waals surface area contributed by atoms with Crippen LogP contribution in [-0.2, 0) is 15.7 Å². The summed E-state index contributed by atoms with van der Waals surface area (Å²) in [7, 11) is -8.61. The minimum atomic E-state index is -4.68. The Bertz CT molecular complexity index is 628. The maximum absolute atomic E-state index is 11.7. The zero-order valence-electron chi connectivity index (χ0n) is 12.2. The highest BCUT2D eigenvalue weighted by molar-refractivity contribution is 7.73. The number of aromatic nitrogens is 1. The lowest BCUT2D eigenvalue weighted by Crippen LogP contribution is -2.39. The van der Waals surface area contributed by atoms with Crippen molar-refractivity contribution in [2.75, 3.05) is 6.66 Å². The molecule has 2 unspecified atom stereocenters. The summed E-state index contributed by atoms with van der Waals surface area (Å²) in [5.41, 5.74) is 0.680. The van der Waals surface area contributed by atoms with Gasteiger partial charge in [-0.25, -0.2) is 4.57 Å². The number of hydrogen-bond acceptors (Lipinski definition) is 2. The lowest BCUT2D eigenvalue weighted by Gasteiger charge is -2.18. The van der Waals surface area contributed by atoms with Crippen LogP contribution in [0.2, 0.25) is 0 Å². The Hall–Kier alpha value is -0.950. The van der Waals surface area contributed by atoms with Crippen molar-refractivity contribution < 1.29 is 28.4 Å². The average molecular weight is 332 g/mol. The van der Waals surface area contributed by atoms with E-state index in [2.05, 4.69) is 11.8 Å². The fourth-order valence-corrected chi connectivity index (χ4v) is 4.79. The van der Waals surface area contributed by atoms with Crippen molar-refractivity contribution in [1.29, 1.82) is 0 Å². The largest absolute Gasteiger partial charge is 0.344 e. The van der Waals surface area contributed by atoms with E-state index >= 15 is 0 Å². The summed E-state index contributed by atoms with van der Waals surface area (Å²) in [6.45, 7) is 4.62. The number of pyridine rings is 1. The van der Waals surface area contributed by atoms with Gasteiger partial charge in [0.2, 0.25) is 7.37 Å². The Kier molecular flexibility index (Phi) is 5.92. The third kappa shape index (κ3) is 6.13. The zero-order chi connectivity index (χ0) is 16.3. The number of nitrogens with zero attached hydrogens (tertiary/aromatic N) is 1. The first-order chi connectivity index (χ1) is 9.50. The molecule has 0 amide bonds. The van der Waals surface area contributed by atoms with E-state index in [0.717, 1.165) is 6.66 Å². The SMILES string of the molecule is CC(C)C#Cc1ccc[n+](CC(P(C)(=O)O)P(=O)(O)O)c1. The molecule has 0 aromatic carbocycles. The van der Waals surface area contributed by atoms with E-state index in [1.54, 1.807) is 24.5 Å². The molecule has 2 atom stereocenters. The Morgan fingerprint density at radius 1 is 1.29 bits per heavy atom. The molecule has 3 N–H and O–H groups in total. The van der Waals surface area contributed by atoms with Crippen molar-refractivity contribution in [2.45, 2.75) is 25.8 Å². The molecule has 0 aliphatic heterocycles. The number of hydrogen-bond donors (Lipinski definition) is 3. The van der Waals surface area contributed by atoms with E-state index in [-0.39, 0.29) is 12.5 Å². The van der Waals surface area contributed by atoms with Crippen molar-refractivity contribution in [1.82, 2.24) is 0 Å². The van der Waals surface area contributed by atoms with E-state index in [4.69, 9.17) is 0 Å². The third-order valence-corrected chi connectivity index (χ3v) is 7.08. The van der Waals surface area contributed by atoms with Gasteiger partial charge in [-0.2, -0.15) is 0 Å². The molecular weight excluding hydrogens is 312 g/mol. The predicted octanol–water partition coefficient (Wildman–Crippen LogP) is 1.39. The first kappa shape index (κ1) is 18.1. The highest BCUT2D eigenvalue weighted by Gasteiger charge is 2.43. The second kappa shape index (κ2) is 6.87. The van der Waals surface area contributed by atoms with Crippen LogP contribution in [0, 0.1) is 17.8 Å². The summed E-state index contributed by atoms with van der Waals surface area (Å²) >= 11 is 0. The maximum atomic E-state index is 11.7. The molecule has 0 spiro atoms. The van der Waals surface area contributed by atoms with Crippen molar-refractivity contribution in [3.63, 3.8) is 0 Å². The molecule has 21 heavy (non-hydrogen) atoms. The highest BCUT2D eigenvalue weighted by Crippen LogP contribution is 2.60. The van der Waals surface area contributed by atoms with Gasteiger partial charge < -0.3 is 14.7 Å². The summed E-state index contributed by atoms with van der Waals surface area (Å²) in [6.07, 6.45) is 3.19. The molecule has 1 rings (SSSR count). The molecule has 1 aromatic rings. The molecule has 0 bridgehead atoms. The summed E-state index contributed by atoms with van der Waals surface area (Å²) in [5.74, 6) is 6.12. The van der Waals surface area contributed by atoms with E-state index in [0.29, 0.717) is 5.56 Å². The monoisotopic (exact) mass is 332 g/mol. The second-order valence-corrected chi connectivity index (χ2v) is 9.95. The van der Waals surface area contributed by atoms with Crippen LogP contribution in [0.25, 0.3) is 0 Å². The smallest absolute Gasteiger partial charge is 0.344 e. The van der Waals surface area contributed by atoms with Gasteiger partial charge in [-0.05, 0) is 6.07 Å². The maximum Gasteiger partial charge on any atom is 0.344 e. The van der Waals surface area contributed by atoms with Crippen LogP contribution in [0.5, 0.6) is 0 Å². The van der Waals surface area contributed by atoms with Gasteiger partial charge in [-0.1, -0.05) is 25.7 Å². The van der Waals surface area contributed by atoms with Gasteiger partial charge in [-0.15, -0.1) is 0 Å². The van der Waals surface area contributed by atoms with Crippen molar-refractivity contribution >= 4 is 15.0 Å². The van der Waals surface area contributed by atoms with Gasteiger partial charge in [0.05, 0.1) is 5.56 Å². The number of rotatable bonds is 4. The molecule has 8 heteroatoms. The molecule has 1 heterocycles. The van der Waals surface area contributed by atoms with E-state index in [1.807, 2.05) is 13.8 Å². The van der Waals surface area contributed by atoms with Gasteiger partial charge >= 0.3 is 7.60 Å². The van der Waals surface area contributed by atoms with E-state index < -0.39 is 20.4 Å². The molecule has 0 radical (unpaired) electrons. The summed E-state index contributed by atoms with van der Waals surface area (Å²) in [5, 5.41) is -1.62. The van der Waals surface area contributed by atoms with Crippen LogP contribution < -0.4 is 4.57 Å².